The molecule has 0 aliphatic carbocycles. The Bertz CT molecular complexity index is 610. The minimum absolute atomic E-state index is 0.0503. The van der Waals surface area contributed by atoms with Gasteiger partial charge in [0.1, 0.15) is 5.75 Å². The molecule has 0 aliphatic heterocycles. The van der Waals surface area contributed by atoms with Gasteiger partial charge in [-0.3, -0.25) is 0 Å². The highest BCUT2D eigenvalue weighted by Gasteiger charge is 2.35. The molecule has 1 aromatic carbocycles. The van der Waals surface area contributed by atoms with Crippen molar-refractivity contribution < 1.29 is 17.9 Å². The van der Waals surface area contributed by atoms with E-state index in [2.05, 4.69) is 5.10 Å². The molecule has 0 saturated carbocycles. The minimum Gasteiger partial charge on any atom is -0.439 e. The molecule has 1 heterocycles. The molecule has 0 N–H and O–H groups in total. The zero-order chi connectivity index (χ0) is 14.2. The molecule has 0 radical (unpaired) electrons. The smallest absolute Gasteiger partial charge is 0.435 e. The molecule has 1 aromatic heterocycles. The lowest BCUT2D eigenvalue weighted by molar-refractivity contribution is -0.141. The van der Waals surface area contributed by atoms with Crippen molar-refractivity contribution in [1.82, 2.24) is 9.78 Å². The number of alkyl halides is 3. The number of hydrogen-bond acceptors (Lipinski definition) is 2. The lowest BCUT2D eigenvalue weighted by Crippen LogP contribution is -2.06. The second-order valence-corrected chi connectivity index (χ2v) is 4.48. The van der Waals surface area contributed by atoms with Crippen LogP contribution in [0.2, 0.25) is 10.0 Å². The first-order valence-electron chi connectivity index (χ1n) is 5.01. The summed E-state index contributed by atoms with van der Waals surface area (Å²) in [5.41, 5.74) is -1.02. The van der Waals surface area contributed by atoms with Crippen molar-refractivity contribution in [3.05, 3.63) is 40.0 Å². The van der Waals surface area contributed by atoms with Gasteiger partial charge < -0.3 is 4.74 Å². The van der Waals surface area contributed by atoms with Crippen molar-refractivity contribution in [1.29, 1.82) is 0 Å². The third-order valence-electron chi connectivity index (χ3n) is 2.24. The number of rotatable bonds is 2. The number of benzene rings is 1. The quantitative estimate of drug-likeness (QED) is 0.814. The predicted octanol–water partition coefficient (Wildman–Crippen LogP) is 4.54. The summed E-state index contributed by atoms with van der Waals surface area (Å²) in [6.45, 7) is 0. The fourth-order valence-corrected chi connectivity index (χ4v) is 1.63. The summed E-state index contributed by atoms with van der Waals surface area (Å²) in [5, 5.41) is 3.90. The van der Waals surface area contributed by atoms with E-state index in [0.29, 0.717) is 5.02 Å². The summed E-state index contributed by atoms with van der Waals surface area (Å²) in [7, 11) is 1.35. The van der Waals surface area contributed by atoms with Crippen molar-refractivity contribution in [2.45, 2.75) is 6.18 Å². The molecule has 0 bridgehead atoms. The Kier molecular flexibility index (Phi) is 3.64. The summed E-state index contributed by atoms with van der Waals surface area (Å²) >= 11 is 11.5. The van der Waals surface area contributed by atoms with E-state index < -0.39 is 11.9 Å². The molecule has 0 atom stereocenters. The maximum atomic E-state index is 12.5. The lowest BCUT2D eigenvalue weighted by Gasteiger charge is -2.05. The van der Waals surface area contributed by atoms with Gasteiger partial charge in [0.05, 0.1) is 10.0 Å². The van der Waals surface area contributed by atoms with Gasteiger partial charge in [-0.15, -0.1) is 0 Å². The van der Waals surface area contributed by atoms with Crippen molar-refractivity contribution in [3.63, 3.8) is 0 Å². The van der Waals surface area contributed by atoms with E-state index in [-0.39, 0.29) is 16.7 Å². The van der Waals surface area contributed by atoms with Gasteiger partial charge in [-0.2, -0.15) is 18.3 Å². The van der Waals surface area contributed by atoms with Crippen LogP contribution in [-0.4, -0.2) is 9.78 Å². The molecule has 8 heteroatoms. The Labute approximate surface area is 116 Å². The summed E-state index contributed by atoms with van der Waals surface area (Å²) in [6, 6.07) is 5.20. The van der Waals surface area contributed by atoms with Crippen LogP contribution in [0.15, 0.2) is 24.3 Å². The van der Waals surface area contributed by atoms with Crippen LogP contribution in [0, 0.1) is 0 Å². The number of nitrogens with zero attached hydrogens (tertiary/aromatic N) is 2. The molecule has 0 saturated heterocycles. The number of hydrogen-bond donors (Lipinski definition) is 0. The Hall–Kier alpha value is -1.40. The Morgan fingerprint density at radius 3 is 2.37 bits per heavy atom. The highest BCUT2D eigenvalue weighted by Crippen LogP contribution is 2.33. The molecule has 3 nitrogen and oxygen atoms in total. The van der Waals surface area contributed by atoms with Gasteiger partial charge in [0.25, 0.3) is 0 Å². The molecule has 0 unspecified atom stereocenters. The number of ether oxygens (including phenoxy) is 1. The third-order valence-corrected chi connectivity index (χ3v) is 2.98. The van der Waals surface area contributed by atoms with Crippen LogP contribution in [0.4, 0.5) is 13.2 Å². The average molecular weight is 311 g/mol. The van der Waals surface area contributed by atoms with Crippen LogP contribution in [0.3, 0.4) is 0 Å². The van der Waals surface area contributed by atoms with E-state index in [1.807, 2.05) is 0 Å². The van der Waals surface area contributed by atoms with E-state index in [1.165, 1.54) is 25.2 Å². The van der Waals surface area contributed by atoms with Crippen LogP contribution in [-0.2, 0) is 13.2 Å². The van der Waals surface area contributed by atoms with Crippen molar-refractivity contribution >= 4 is 23.2 Å². The highest BCUT2D eigenvalue weighted by atomic mass is 35.5. The molecule has 0 fully saturated rings. The minimum atomic E-state index is -4.52. The molecule has 19 heavy (non-hydrogen) atoms. The van der Waals surface area contributed by atoms with Gasteiger partial charge in [0.2, 0.25) is 5.88 Å². The van der Waals surface area contributed by atoms with Gasteiger partial charge in [-0.25, -0.2) is 4.68 Å². The normalized spacial score (nSPS) is 11.7. The molecule has 0 amide bonds. The van der Waals surface area contributed by atoms with Crippen LogP contribution in [0.5, 0.6) is 11.6 Å². The monoisotopic (exact) mass is 310 g/mol. The predicted molar refractivity (Wildman–Crippen MR) is 64.7 cm³/mol. The van der Waals surface area contributed by atoms with Crippen LogP contribution < -0.4 is 4.74 Å². The highest BCUT2D eigenvalue weighted by molar-refractivity contribution is 6.42. The summed E-state index contributed by atoms with van der Waals surface area (Å²) < 4.78 is 43.7. The van der Waals surface area contributed by atoms with Gasteiger partial charge in [0.15, 0.2) is 5.69 Å². The van der Waals surface area contributed by atoms with E-state index in [4.69, 9.17) is 27.9 Å². The standard InChI is InChI=1S/C11H7Cl2F3N2O/c1-18-10(5-9(17-18)11(14,15)16)19-6-2-3-7(12)8(13)4-6/h2-5H,1H3. The summed E-state index contributed by atoms with van der Waals surface area (Å²) in [5.74, 6) is 0.219. The molecule has 0 spiro atoms. The third kappa shape index (κ3) is 3.13. The molecule has 102 valence electrons. The van der Waals surface area contributed by atoms with Crippen molar-refractivity contribution in [2.24, 2.45) is 7.05 Å². The van der Waals surface area contributed by atoms with Crippen molar-refractivity contribution in [2.75, 3.05) is 0 Å². The van der Waals surface area contributed by atoms with Gasteiger partial charge in [-0.05, 0) is 12.1 Å². The van der Waals surface area contributed by atoms with E-state index in [0.717, 1.165) is 10.7 Å². The number of halogens is 5. The molecular formula is C11H7Cl2F3N2O. The number of aryl methyl sites for hydroxylation is 1. The Balaban J connectivity index is 2.28. The lowest BCUT2D eigenvalue weighted by atomic mass is 10.3. The van der Waals surface area contributed by atoms with Crippen LogP contribution in [0.25, 0.3) is 0 Å². The SMILES string of the molecule is Cn1nc(C(F)(F)F)cc1Oc1ccc(Cl)c(Cl)c1. The second-order valence-electron chi connectivity index (χ2n) is 3.67. The molecule has 2 rings (SSSR count). The maximum absolute atomic E-state index is 12.5. The molecule has 0 aliphatic rings. The van der Waals surface area contributed by atoms with E-state index in [1.54, 1.807) is 0 Å². The Morgan fingerprint density at radius 1 is 1.16 bits per heavy atom. The zero-order valence-electron chi connectivity index (χ0n) is 9.50. The van der Waals surface area contributed by atoms with E-state index >= 15 is 0 Å². The average Bonchev–Trinajstić information content (AvgIpc) is 2.65. The first-order valence-corrected chi connectivity index (χ1v) is 5.77. The van der Waals surface area contributed by atoms with Gasteiger partial charge in [-0.1, -0.05) is 23.2 Å². The largest absolute Gasteiger partial charge is 0.439 e. The summed E-state index contributed by atoms with van der Waals surface area (Å²) in [6.07, 6.45) is -4.52. The van der Waals surface area contributed by atoms with Gasteiger partial charge in [0, 0.05) is 19.2 Å². The maximum Gasteiger partial charge on any atom is 0.435 e. The Morgan fingerprint density at radius 2 is 1.84 bits per heavy atom. The fourth-order valence-electron chi connectivity index (χ4n) is 1.35. The first kappa shape index (κ1) is 14.0. The van der Waals surface area contributed by atoms with Gasteiger partial charge >= 0.3 is 6.18 Å². The van der Waals surface area contributed by atoms with Crippen LogP contribution in [0.1, 0.15) is 5.69 Å². The molecular weight excluding hydrogens is 304 g/mol. The van der Waals surface area contributed by atoms with Crippen molar-refractivity contribution in [3.8, 4) is 11.6 Å². The topological polar surface area (TPSA) is 27.1 Å². The summed E-state index contributed by atoms with van der Waals surface area (Å²) in [4.78, 5) is 0. The fraction of sp³-hybridized carbons (Fsp3) is 0.182. The van der Waals surface area contributed by atoms with E-state index in [9.17, 15) is 13.2 Å². The second kappa shape index (κ2) is 4.94. The molecule has 2 aromatic rings. The first-order chi connectivity index (χ1) is 8.77. The zero-order valence-corrected chi connectivity index (χ0v) is 11.0. The number of aromatic nitrogens is 2. The van der Waals surface area contributed by atoms with Crippen LogP contribution >= 0.6 is 23.2 Å².